The van der Waals surface area contributed by atoms with E-state index in [4.69, 9.17) is 16.7 Å². The Hall–Kier alpha value is -1.87. The zero-order valence-electron chi connectivity index (χ0n) is 9.14. The SMILES string of the molecule is Cc1cc(Cl)cc(-c2cncc(C(=O)O)c2)c1. The van der Waals surface area contributed by atoms with Crippen LogP contribution in [-0.4, -0.2) is 16.1 Å². The third kappa shape index (κ3) is 2.63. The fourth-order valence-corrected chi connectivity index (χ4v) is 1.91. The lowest BCUT2D eigenvalue weighted by Crippen LogP contribution is -1.97. The molecule has 0 aliphatic carbocycles. The lowest BCUT2D eigenvalue weighted by molar-refractivity contribution is 0.0696. The van der Waals surface area contributed by atoms with Gasteiger partial charge in [-0.15, -0.1) is 0 Å². The number of hydrogen-bond acceptors (Lipinski definition) is 2. The molecule has 0 saturated heterocycles. The van der Waals surface area contributed by atoms with Crippen LogP contribution < -0.4 is 0 Å². The molecule has 0 atom stereocenters. The zero-order valence-corrected chi connectivity index (χ0v) is 9.90. The van der Waals surface area contributed by atoms with E-state index in [1.807, 2.05) is 19.1 Å². The van der Waals surface area contributed by atoms with Crippen molar-refractivity contribution in [1.29, 1.82) is 0 Å². The number of aryl methyl sites for hydroxylation is 1. The minimum Gasteiger partial charge on any atom is -0.478 e. The van der Waals surface area contributed by atoms with Crippen molar-refractivity contribution in [3.8, 4) is 11.1 Å². The molecule has 0 amide bonds. The Balaban J connectivity index is 2.52. The standard InChI is InChI=1S/C13H10ClNO2/c1-8-2-9(5-12(14)3-8)10-4-11(13(16)17)7-15-6-10/h2-7H,1H3,(H,16,17). The van der Waals surface area contributed by atoms with Crippen molar-refractivity contribution in [2.24, 2.45) is 0 Å². The highest BCUT2D eigenvalue weighted by molar-refractivity contribution is 6.31. The highest BCUT2D eigenvalue weighted by Gasteiger charge is 2.06. The Kier molecular flexibility index (Phi) is 3.11. The van der Waals surface area contributed by atoms with Gasteiger partial charge in [0.15, 0.2) is 0 Å². The molecule has 0 fully saturated rings. The number of hydrogen-bond donors (Lipinski definition) is 1. The van der Waals surface area contributed by atoms with Gasteiger partial charge in [-0.05, 0) is 36.2 Å². The molecule has 1 heterocycles. The molecule has 2 aromatic rings. The molecule has 0 saturated carbocycles. The second-order valence-corrected chi connectivity index (χ2v) is 4.22. The Labute approximate surface area is 104 Å². The summed E-state index contributed by atoms with van der Waals surface area (Å²) >= 11 is 5.97. The molecule has 4 heteroatoms. The number of nitrogens with zero attached hydrogens (tertiary/aromatic N) is 1. The van der Waals surface area contributed by atoms with Gasteiger partial charge in [-0.1, -0.05) is 17.7 Å². The average molecular weight is 248 g/mol. The van der Waals surface area contributed by atoms with Crippen molar-refractivity contribution in [3.63, 3.8) is 0 Å². The van der Waals surface area contributed by atoms with E-state index >= 15 is 0 Å². The normalized spacial score (nSPS) is 10.2. The second-order valence-electron chi connectivity index (χ2n) is 3.78. The van der Waals surface area contributed by atoms with Crippen LogP contribution in [0, 0.1) is 6.92 Å². The number of aromatic nitrogens is 1. The van der Waals surface area contributed by atoms with Crippen molar-refractivity contribution in [3.05, 3.63) is 52.8 Å². The van der Waals surface area contributed by atoms with Crippen molar-refractivity contribution < 1.29 is 9.90 Å². The molecule has 0 aliphatic rings. The van der Waals surface area contributed by atoms with Crippen molar-refractivity contribution >= 4 is 17.6 Å². The molecule has 0 aliphatic heterocycles. The summed E-state index contributed by atoms with van der Waals surface area (Å²) in [5, 5.41) is 9.52. The number of pyridine rings is 1. The predicted octanol–water partition coefficient (Wildman–Crippen LogP) is 3.41. The topological polar surface area (TPSA) is 50.2 Å². The van der Waals surface area contributed by atoms with E-state index in [9.17, 15) is 4.79 Å². The summed E-state index contributed by atoms with van der Waals surface area (Å²) in [6, 6.07) is 7.16. The van der Waals surface area contributed by atoms with Gasteiger partial charge in [0.2, 0.25) is 0 Å². The van der Waals surface area contributed by atoms with Crippen molar-refractivity contribution in [2.75, 3.05) is 0 Å². The number of carboxylic acid groups (broad SMARTS) is 1. The van der Waals surface area contributed by atoms with E-state index in [2.05, 4.69) is 4.98 Å². The first kappa shape index (κ1) is 11.6. The molecule has 0 radical (unpaired) electrons. The summed E-state index contributed by atoms with van der Waals surface area (Å²) in [4.78, 5) is 14.8. The third-order valence-corrected chi connectivity index (χ3v) is 2.58. The first-order chi connectivity index (χ1) is 8.06. The predicted molar refractivity (Wildman–Crippen MR) is 66.4 cm³/mol. The maximum absolute atomic E-state index is 10.9. The van der Waals surface area contributed by atoms with Crippen LogP contribution in [0.5, 0.6) is 0 Å². The van der Waals surface area contributed by atoms with Crippen LogP contribution in [0.3, 0.4) is 0 Å². The van der Waals surface area contributed by atoms with Gasteiger partial charge in [0, 0.05) is 23.0 Å². The monoisotopic (exact) mass is 247 g/mol. The fraction of sp³-hybridized carbons (Fsp3) is 0.0769. The molecular weight excluding hydrogens is 238 g/mol. The summed E-state index contributed by atoms with van der Waals surface area (Å²) in [6.07, 6.45) is 2.95. The molecular formula is C13H10ClNO2. The van der Waals surface area contributed by atoms with Gasteiger partial charge >= 0.3 is 5.97 Å². The van der Waals surface area contributed by atoms with Crippen LogP contribution in [-0.2, 0) is 0 Å². The van der Waals surface area contributed by atoms with Crippen molar-refractivity contribution in [2.45, 2.75) is 6.92 Å². The molecule has 17 heavy (non-hydrogen) atoms. The van der Waals surface area contributed by atoms with Crippen LogP contribution in [0.15, 0.2) is 36.7 Å². The van der Waals surface area contributed by atoms with Crippen LogP contribution in [0.2, 0.25) is 5.02 Å². The first-order valence-corrected chi connectivity index (χ1v) is 5.40. The summed E-state index contributed by atoms with van der Waals surface area (Å²) in [5.74, 6) is -0.988. The van der Waals surface area contributed by atoms with Gasteiger partial charge < -0.3 is 5.11 Å². The quantitative estimate of drug-likeness (QED) is 0.885. The molecule has 86 valence electrons. The maximum atomic E-state index is 10.9. The fourth-order valence-electron chi connectivity index (χ4n) is 1.62. The number of aromatic carboxylic acids is 1. The zero-order chi connectivity index (χ0) is 12.4. The van der Waals surface area contributed by atoms with E-state index in [-0.39, 0.29) is 5.56 Å². The maximum Gasteiger partial charge on any atom is 0.337 e. The minimum absolute atomic E-state index is 0.167. The Bertz CT molecular complexity index is 561. The van der Waals surface area contributed by atoms with E-state index in [0.29, 0.717) is 5.02 Å². The molecule has 2 rings (SSSR count). The van der Waals surface area contributed by atoms with E-state index in [1.165, 1.54) is 6.20 Å². The van der Waals surface area contributed by atoms with Gasteiger partial charge in [-0.25, -0.2) is 4.79 Å². The minimum atomic E-state index is -0.988. The molecule has 0 unspecified atom stereocenters. The van der Waals surface area contributed by atoms with Crippen LogP contribution in [0.25, 0.3) is 11.1 Å². The number of rotatable bonds is 2. The molecule has 1 N–H and O–H groups in total. The molecule has 1 aromatic carbocycles. The Morgan fingerprint density at radius 1 is 1.18 bits per heavy atom. The number of benzene rings is 1. The first-order valence-electron chi connectivity index (χ1n) is 5.02. The van der Waals surface area contributed by atoms with Gasteiger partial charge in [0.1, 0.15) is 0 Å². The van der Waals surface area contributed by atoms with Gasteiger partial charge in [0.05, 0.1) is 5.56 Å². The Morgan fingerprint density at radius 2 is 1.94 bits per heavy atom. The summed E-state index contributed by atoms with van der Waals surface area (Å²) in [7, 11) is 0. The van der Waals surface area contributed by atoms with Crippen LogP contribution in [0.4, 0.5) is 0 Å². The third-order valence-electron chi connectivity index (χ3n) is 2.36. The van der Waals surface area contributed by atoms with Crippen molar-refractivity contribution in [1.82, 2.24) is 4.98 Å². The van der Waals surface area contributed by atoms with E-state index in [1.54, 1.807) is 18.3 Å². The highest BCUT2D eigenvalue weighted by Crippen LogP contribution is 2.24. The number of carbonyl (C=O) groups is 1. The average Bonchev–Trinajstić information content (AvgIpc) is 2.28. The van der Waals surface area contributed by atoms with Crippen LogP contribution in [0.1, 0.15) is 15.9 Å². The lowest BCUT2D eigenvalue weighted by Gasteiger charge is -2.04. The molecule has 3 nitrogen and oxygen atoms in total. The Morgan fingerprint density at radius 3 is 2.59 bits per heavy atom. The summed E-state index contributed by atoms with van der Waals surface area (Å²) in [6.45, 7) is 1.93. The van der Waals surface area contributed by atoms with Gasteiger partial charge in [-0.2, -0.15) is 0 Å². The van der Waals surface area contributed by atoms with E-state index < -0.39 is 5.97 Å². The summed E-state index contributed by atoms with van der Waals surface area (Å²) in [5.41, 5.74) is 2.80. The largest absolute Gasteiger partial charge is 0.478 e. The highest BCUT2D eigenvalue weighted by atomic mass is 35.5. The van der Waals surface area contributed by atoms with Gasteiger partial charge in [0.25, 0.3) is 0 Å². The molecule has 1 aromatic heterocycles. The van der Waals surface area contributed by atoms with Gasteiger partial charge in [-0.3, -0.25) is 4.98 Å². The summed E-state index contributed by atoms with van der Waals surface area (Å²) < 4.78 is 0. The number of carboxylic acids is 1. The lowest BCUT2D eigenvalue weighted by atomic mass is 10.0. The molecule has 0 spiro atoms. The smallest absolute Gasteiger partial charge is 0.337 e. The number of halogens is 1. The van der Waals surface area contributed by atoms with E-state index in [0.717, 1.165) is 16.7 Å². The molecule has 0 bridgehead atoms. The second kappa shape index (κ2) is 4.55. The van der Waals surface area contributed by atoms with Crippen LogP contribution >= 0.6 is 11.6 Å².